The quantitative estimate of drug-likeness (QED) is 0.164. The number of rotatable bonds is 15. The molecule has 1 unspecified atom stereocenters. The minimum Gasteiger partial charge on any atom is -0.377 e. The summed E-state index contributed by atoms with van der Waals surface area (Å²) in [7, 11) is 0. The summed E-state index contributed by atoms with van der Waals surface area (Å²) in [4.78, 5) is 24.7. The van der Waals surface area contributed by atoms with Crippen LogP contribution in [0, 0.1) is 11.8 Å². The van der Waals surface area contributed by atoms with Crippen LogP contribution in [0.4, 0.5) is 6.01 Å². The smallest absolute Gasteiger partial charge is 0.324 e. The molecule has 1 atom stereocenters. The van der Waals surface area contributed by atoms with Gasteiger partial charge in [0.05, 0.1) is 6.61 Å². The van der Waals surface area contributed by atoms with E-state index in [1.165, 1.54) is 43.5 Å². The van der Waals surface area contributed by atoms with Gasteiger partial charge in [0.1, 0.15) is 0 Å². The molecule has 2 aliphatic heterocycles. The Labute approximate surface area is 260 Å². The first-order valence-corrected chi connectivity index (χ1v) is 17.2. The van der Waals surface area contributed by atoms with E-state index < -0.39 is 0 Å². The van der Waals surface area contributed by atoms with Gasteiger partial charge < -0.3 is 24.0 Å². The summed E-state index contributed by atoms with van der Waals surface area (Å²) in [5.41, 5.74) is 2.67. The van der Waals surface area contributed by atoms with Gasteiger partial charge in [0.25, 0.3) is 0 Å². The van der Waals surface area contributed by atoms with Crippen LogP contribution in [0.3, 0.4) is 0 Å². The van der Waals surface area contributed by atoms with Crippen molar-refractivity contribution < 1.29 is 14.1 Å². The highest BCUT2D eigenvalue weighted by Gasteiger charge is 2.26. The molecule has 0 aromatic carbocycles. The van der Waals surface area contributed by atoms with Crippen molar-refractivity contribution in [2.75, 3.05) is 63.9 Å². The van der Waals surface area contributed by atoms with E-state index in [2.05, 4.69) is 76.8 Å². The third-order valence-corrected chi connectivity index (χ3v) is 9.30. The summed E-state index contributed by atoms with van der Waals surface area (Å²) in [6, 6.07) is 0.653. The maximum atomic E-state index is 13.3. The Hall–Kier alpha value is -2.45. The Morgan fingerprint density at radius 3 is 2.58 bits per heavy atom. The maximum absolute atomic E-state index is 13.3. The van der Waals surface area contributed by atoms with Crippen LogP contribution in [0.15, 0.2) is 40.0 Å². The SMILES string of the molecule is CC/C=C(\C=C/COCC1CCN(c2nc(C(C)C)no2)CC1)C1=CCC(C(=O)N(CC)CCCN2CCCCC2)CC1. The molecule has 0 saturated carbocycles. The van der Waals surface area contributed by atoms with Crippen LogP contribution in [0.1, 0.15) is 104 Å². The Morgan fingerprint density at radius 1 is 1.14 bits per heavy atom. The standard InChI is InChI=1S/C35H57N5O3/c1-5-12-30(13-10-26-42-27-29-18-24-40(25-19-29)35-36-33(28(3)4)37-43-35)31-14-16-32(17-15-31)34(41)39(6-2)23-11-22-38-20-8-7-9-21-38/h10,12-14,28-29,32H,5-9,11,15-27H2,1-4H3/b13-10-,30-12+. The van der Waals surface area contributed by atoms with Crippen molar-refractivity contribution in [3.8, 4) is 0 Å². The molecule has 4 rings (SSSR count). The van der Waals surface area contributed by atoms with E-state index in [1.54, 1.807) is 0 Å². The third-order valence-electron chi connectivity index (χ3n) is 9.30. The van der Waals surface area contributed by atoms with Crippen molar-refractivity contribution in [2.24, 2.45) is 11.8 Å². The molecular formula is C35H57N5O3. The van der Waals surface area contributed by atoms with Crippen molar-refractivity contribution >= 4 is 11.9 Å². The lowest BCUT2D eigenvalue weighted by Gasteiger charge is -2.30. The van der Waals surface area contributed by atoms with E-state index in [0.717, 1.165) is 90.1 Å². The predicted molar refractivity (Wildman–Crippen MR) is 174 cm³/mol. The van der Waals surface area contributed by atoms with E-state index in [9.17, 15) is 4.79 Å². The van der Waals surface area contributed by atoms with Crippen LogP contribution in [0.25, 0.3) is 0 Å². The van der Waals surface area contributed by atoms with Crippen molar-refractivity contribution in [3.05, 3.63) is 41.3 Å². The first kappa shape index (κ1) is 33.4. The van der Waals surface area contributed by atoms with Crippen LogP contribution in [-0.2, 0) is 9.53 Å². The number of piperidine rings is 2. The Kier molecular flexibility index (Phi) is 13.8. The fourth-order valence-corrected chi connectivity index (χ4v) is 6.56. The summed E-state index contributed by atoms with van der Waals surface area (Å²) in [6.45, 7) is 17.0. The largest absolute Gasteiger partial charge is 0.377 e. The van der Waals surface area contributed by atoms with Gasteiger partial charge in [-0.15, -0.1) is 0 Å². The Balaban J connectivity index is 1.16. The lowest BCUT2D eigenvalue weighted by atomic mass is 9.85. The second-order valence-corrected chi connectivity index (χ2v) is 12.9. The molecule has 1 amide bonds. The maximum Gasteiger partial charge on any atom is 0.324 e. The highest BCUT2D eigenvalue weighted by atomic mass is 16.5. The fraction of sp³-hybridized carbons (Fsp3) is 0.743. The zero-order valence-electron chi connectivity index (χ0n) is 27.4. The Morgan fingerprint density at radius 2 is 1.93 bits per heavy atom. The first-order valence-electron chi connectivity index (χ1n) is 17.2. The molecule has 240 valence electrons. The zero-order chi connectivity index (χ0) is 30.4. The molecule has 8 nitrogen and oxygen atoms in total. The third kappa shape index (κ3) is 10.3. The molecule has 1 aliphatic carbocycles. The number of amides is 1. The van der Waals surface area contributed by atoms with E-state index in [0.29, 0.717) is 24.4 Å². The van der Waals surface area contributed by atoms with Crippen molar-refractivity contribution in [1.29, 1.82) is 0 Å². The highest BCUT2D eigenvalue weighted by Crippen LogP contribution is 2.30. The summed E-state index contributed by atoms with van der Waals surface area (Å²) in [5.74, 6) is 2.09. The highest BCUT2D eigenvalue weighted by molar-refractivity contribution is 5.79. The van der Waals surface area contributed by atoms with Crippen LogP contribution >= 0.6 is 0 Å². The minimum atomic E-state index is 0.123. The van der Waals surface area contributed by atoms with Gasteiger partial charge in [0.15, 0.2) is 5.82 Å². The molecule has 2 fully saturated rings. The van der Waals surface area contributed by atoms with Crippen molar-refractivity contribution in [3.63, 3.8) is 0 Å². The number of hydrogen-bond donors (Lipinski definition) is 0. The average Bonchev–Trinajstić information content (AvgIpc) is 3.54. The van der Waals surface area contributed by atoms with Gasteiger partial charge in [-0.05, 0) is 101 Å². The topological polar surface area (TPSA) is 74.9 Å². The molecule has 1 aromatic heterocycles. The van der Waals surface area contributed by atoms with Crippen molar-refractivity contribution in [2.45, 2.75) is 97.8 Å². The normalized spacial score (nSPS) is 21.1. The van der Waals surface area contributed by atoms with Gasteiger partial charge in [-0.2, -0.15) is 4.98 Å². The summed E-state index contributed by atoms with van der Waals surface area (Å²) >= 11 is 0. The zero-order valence-corrected chi connectivity index (χ0v) is 27.4. The molecule has 0 N–H and O–H groups in total. The van der Waals surface area contributed by atoms with Gasteiger partial charge in [0, 0.05) is 44.6 Å². The molecule has 1 aromatic rings. The molecule has 0 spiro atoms. The number of carbonyl (C=O) groups excluding carboxylic acids is 1. The van der Waals surface area contributed by atoms with Crippen LogP contribution in [0.5, 0.6) is 0 Å². The number of anilines is 1. The van der Waals surface area contributed by atoms with E-state index in [1.807, 2.05) is 0 Å². The van der Waals surface area contributed by atoms with E-state index in [-0.39, 0.29) is 11.8 Å². The van der Waals surface area contributed by atoms with Crippen LogP contribution < -0.4 is 4.90 Å². The van der Waals surface area contributed by atoms with E-state index >= 15 is 0 Å². The van der Waals surface area contributed by atoms with Crippen LogP contribution in [0.2, 0.25) is 0 Å². The second-order valence-electron chi connectivity index (χ2n) is 12.9. The lowest BCUT2D eigenvalue weighted by Crippen LogP contribution is -2.39. The molecule has 0 bridgehead atoms. The van der Waals surface area contributed by atoms with Crippen molar-refractivity contribution in [1.82, 2.24) is 19.9 Å². The fourth-order valence-electron chi connectivity index (χ4n) is 6.56. The minimum absolute atomic E-state index is 0.123. The first-order chi connectivity index (χ1) is 21.0. The predicted octanol–water partition coefficient (Wildman–Crippen LogP) is 6.77. The molecule has 8 heteroatoms. The number of carbonyl (C=O) groups is 1. The summed E-state index contributed by atoms with van der Waals surface area (Å²) in [6.07, 6.45) is 20.0. The molecule has 0 radical (unpaired) electrons. The monoisotopic (exact) mass is 595 g/mol. The lowest BCUT2D eigenvalue weighted by molar-refractivity contribution is -0.135. The second kappa shape index (κ2) is 17.7. The van der Waals surface area contributed by atoms with Gasteiger partial charge in [-0.1, -0.05) is 56.7 Å². The average molecular weight is 596 g/mol. The molecule has 3 heterocycles. The van der Waals surface area contributed by atoms with Gasteiger partial charge in [0.2, 0.25) is 5.91 Å². The van der Waals surface area contributed by atoms with Crippen LogP contribution in [-0.4, -0.2) is 84.9 Å². The summed E-state index contributed by atoms with van der Waals surface area (Å²) in [5, 5.41) is 4.10. The number of ether oxygens (including phenoxy) is 1. The van der Waals surface area contributed by atoms with Gasteiger partial charge in [-0.25, -0.2) is 0 Å². The molecular weight excluding hydrogens is 538 g/mol. The van der Waals surface area contributed by atoms with Gasteiger partial charge >= 0.3 is 6.01 Å². The number of allylic oxidation sites excluding steroid dienone is 5. The van der Waals surface area contributed by atoms with Gasteiger partial charge in [-0.3, -0.25) is 4.79 Å². The molecule has 43 heavy (non-hydrogen) atoms. The molecule has 3 aliphatic rings. The van der Waals surface area contributed by atoms with E-state index in [4.69, 9.17) is 9.26 Å². The number of hydrogen-bond acceptors (Lipinski definition) is 7. The Bertz CT molecular complexity index is 1060. The number of nitrogens with zero attached hydrogens (tertiary/aromatic N) is 5. The number of likely N-dealkylation sites (tertiary alicyclic amines) is 1. The number of aromatic nitrogens is 2. The molecule has 2 saturated heterocycles. The summed E-state index contributed by atoms with van der Waals surface area (Å²) < 4.78 is 11.5.